The Morgan fingerprint density at radius 3 is 2.59 bits per heavy atom. The second-order valence-electron chi connectivity index (χ2n) is 6.22. The van der Waals surface area contributed by atoms with Gasteiger partial charge in [-0.25, -0.2) is 0 Å². The summed E-state index contributed by atoms with van der Waals surface area (Å²) in [5.41, 5.74) is 6.97. The van der Waals surface area contributed by atoms with E-state index in [1.807, 2.05) is 24.4 Å². The van der Waals surface area contributed by atoms with E-state index in [0.29, 0.717) is 0 Å². The molecule has 1 N–H and O–H groups in total. The Bertz CT molecular complexity index is 767. The lowest BCUT2D eigenvalue weighted by Gasteiger charge is -2.22. The molecule has 1 aliphatic carbocycles. The number of hydrogen-bond donors (Lipinski definition) is 1. The summed E-state index contributed by atoms with van der Waals surface area (Å²) in [5.74, 6) is 0. The van der Waals surface area contributed by atoms with Crippen molar-refractivity contribution in [3.05, 3.63) is 102 Å². The normalized spacial score (nSPS) is 27.2. The summed E-state index contributed by atoms with van der Waals surface area (Å²) in [7, 11) is 0. The third-order valence-electron chi connectivity index (χ3n) is 4.41. The molecule has 3 rings (SSSR count). The number of fused-ring (bicyclic) bond motifs is 3. The first-order valence-electron chi connectivity index (χ1n) is 7.52. The maximum absolute atomic E-state index is 4.18. The Morgan fingerprint density at radius 2 is 1.77 bits per heavy atom. The first kappa shape index (κ1) is 14.4. The smallest absolute Gasteiger partial charge is 0.0173 e. The third kappa shape index (κ3) is 2.29. The fraction of sp³-hybridized carbons (Fsp3) is 0.143. The molecule has 110 valence electrons. The van der Waals surface area contributed by atoms with E-state index in [1.54, 1.807) is 0 Å². The Labute approximate surface area is 132 Å². The Kier molecular flexibility index (Phi) is 3.50. The Balaban J connectivity index is 2.24. The van der Waals surface area contributed by atoms with E-state index < -0.39 is 0 Å². The third-order valence-corrected chi connectivity index (χ3v) is 4.41. The monoisotopic (exact) mass is 287 g/mol. The zero-order chi connectivity index (χ0) is 15.7. The average Bonchev–Trinajstić information content (AvgIpc) is 2.69. The van der Waals surface area contributed by atoms with Crippen LogP contribution in [0.1, 0.15) is 25.0 Å². The van der Waals surface area contributed by atoms with Crippen LogP contribution in [0.2, 0.25) is 0 Å². The van der Waals surface area contributed by atoms with Crippen molar-refractivity contribution in [3.8, 4) is 0 Å². The van der Waals surface area contributed by atoms with Crippen LogP contribution in [0.4, 0.5) is 0 Å². The second-order valence-corrected chi connectivity index (χ2v) is 6.22. The predicted molar refractivity (Wildman–Crippen MR) is 95.2 cm³/mol. The van der Waals surface area contributed by atoms with Gasteiger partial charge in [-0.05, 0) is 45.6 Å². The molecule has 1 heteroatoms. The van der Waals surface area contributed by atoms with Crippen molar-refractivity contribution < 1.29 is 0 Å². The van der Waals surface area contributed by atoms with Gasteiger partial charge in [0.25, 0.3) is 0 Å². The standard InChI is InChI=1S/C21H21N/c1-15-9-7-8-12-22-14-20-18(13-16(15)2)17-10-5-6-11-19(17)21(20,3)4/h5-14,22H,1-2H2,3-4H3/b9-7-,12-8-,18-13-,20-14+. The van der Waals surface area contributed by atoms with Gasteiger partial charge >= 0.3 is 0 Å². The largest absolute Gasteiger partial charge is 0.367 e. The molecule has 0 unspecified atom stereocenters. The molecule has 22 heavy (non-hydrogen) atoms. The SMILES string of the molecule is C=C1/C=C\C=C/N/C=C2\C(=C/C1=C)c1ccccc1C2(C)C. The molecule has 1 aliphatic heterocycles. The zero-order valence-electron chi connectivity index (χ0n) is 13.2. The van der Waals surface area contributed by atoms with Crippen molar-refractivity contribution in [3.63, 3.8) is 0 Å². The van der Waals surface area contributed by atoms with Gasteiger partial charge in [0, 0.05) is 17.8 Å². The molecule has 1 aromatic rings. The Hall–Kier alpha value is -2.54. The fourth-order valence-electron chi connectivity index (χ4n) is 3.09. The first-order chi connectivity index (χ1) is 10.5. The van der Waals surface area contributed by atoms with Gasteiger partial charge in [0.15, 0.2) is 0 Å². The molecule has 0 amide bonds. The summed E-state index contributed by atoms with van der Waals surface area (Å²) in [4.78, 5) is 0. The highest BCUT2D eigenvalue weighted by atomic mass is 14.8. The number of rotatable bonds is 0. The first-order valence-corrected chi connectivity index (χ1v) is 7.52. The van der Waals surface area contributed by atoms with Crippen molar-refractivity contribution in [2.45, 2.75) is 19.3 Å². The highest BCUT2D eigenvalue weighted by Crippen LogP contribution is 2.49. The van der Waals surface area contributed by atoms with Crippen LogP contribution in [0, 0.1) is 0 Å². The zero-order valence-corrected chi connectivity index (χ0v) is 13.2. The van der Waals surface area contributed by atoms with Crippen LogP contribution in [-0.2, 0) is 5.41 Å². The van der Waals surface area contributed by atoms with Gasteiger partial charge in [0.05, 0.1) is 0 Å². The molecule has 0 bridgehead atoms. The Morgan fingerprint density at radius 1 is 1.00 bits per heavy atom. The van der Waals surface area contributed by atoms with Crippen molar-refractivity contribution in [2.24, 2.45) is 0 Å². The van der Waals surface area contributed by atoms with Gasteiger partial charge < -0.3 is 5.32 Å². The fourth-order valence-corrected chi connectivity index (χ4v) is 3.09. The highest BCUT2D eigenvalue weighted by molar-refractivity contribution is 5.91. The van der Waals surface area contributed by atoms with Crippen molar-refractivity contribution in [1.29, 1.82) is 0 Å². The molecular weight excluding hydrogens is 266 g/mol. The molecular formula is C21H21N. The van der Waals surface area contributed by atoms with Crippen LogP contribution in [0.15, 0.2) is 90.8 Å². The maximum atomic E-state index is 4.18. The summed E-state index contributed by atoms with van der Waals surface area (Å²) >= 11 is 0. The van der Waals surface area contributed by atoms with Crippen LogP contribution in [0.3, 0.4) is 0 Å². The quantitative estimate of drug-likeness (QED) is 0.705. The second kappa shape index (κ2) is 5.34. The minimum Gasteiger partial charge on any atom is -0.367 e. The van der Waals surface area contributed by atoms with E-state index in [0.717, 1.165) is 11.1 Å². The predicted octanol–water partition coefficient (Wildman–Crippen LogP) is 5.03. The molecule has 1 heterocycles. The van der Waals surface area contributed by atoms with Crippen LogP contribution < -0.4 is 5.32 Å². The van der Waals surface area contributed by atoms with Crippen molar-refractivity contribution in [1.82, 2.24) is 5.32 Å². The topological polar surface area (TPSA) is 12.0 Å². The minimum atomic E-state index is -0.0354. The molecule has 0 fully saturated rings. The number of hydrogen-bond acceptors (Lipinski definition) is 1. The van der Waals surface area contributed by atoms with Gasteiger partial charge in [-0.3, -0.25) is 0 Å². The van der Waals surface area contributed by atoms with E-state index >= 15 is 0 Å². The molecule has 1 nitrogen and oxygen atoms in total. The highest BCUT2D eigenvalue weighted by Gasteiger charge is 2.37. The van der Waals surface area contributed by atoms with E-state index in [2.05, 4.69) is 68.9 Å². The number of allylic oxidation sites excluding steroid dienone is 8. The van der Waals surface area contributed by atoms with Crippen molar-refractivity contribution >= 4 is 5.57 Å². The van der Waals surface area contributed by atoms with Gasteiger partial charge in [-0.1, -0.05) is 63.4 Å². The lowest BCUT2D eigenvalue weighted by molar-refractivity contribution is 0.656. The molecule has 0 aromatic heterocycles. The lowest BCUT2D eigenvalue weighted by Crippen LogP contribution is -2.16. The summed E-state index contributed by atoms with van der Waals surface area (Å²) in [6, 6.07) is 8.59. The maximum Gasteiger partial charge on any atom is 0.0173 e. The summed E-state index contributed by atoms with van der Waals surface area (Å²) in [6.07, 6.45) is 12.1. The van der Waals surface area contributed by atoms with Gasteiger partial charge in [-0.15, -0.1) is 0 Å². The molecule has 0 spiro atoms. The molecule has 0 atom stereocenters. The van der Waals surface area contributed by atoms with Crippen LogP contribution in [-0.4, -0.2) is 0 Å². The van der Waals surface area contributed by atoms with Crippen LogP contribution >= 0.6 is 0 Å². The van der Waals surface area contributed by atoms with E-state index in [-0.39, 0.29) is 5.41 Å². The van der Waals surface area contributed by atoms with Crippen LogP contribution in [0.5, 0.6) is 0 Å². The number of benzene rings is 1. The molecule has 0 radical (unpaired) electrons. The van der Waals surface area contributed by atoms with Crippen LogP contribution in [0.25, 0.3) is 5.57 Å². The van der Waals surface area contributed by atoms with E-state index in [1.165, 1.54) is 22.3 Å². The van der Waals surface area contributed by atoms with E-state index in [4.69, 9.17) is 0 Å². The van der Waals surface area contributed by atoms with Gasteiger partial charge in [-0.2, -0.15) is 0 Å². The summed E-state index contributed by atoms with van der Waals surface area (Å²) in [5, 5.41) is 3.28. The minimum absolute atomic E-state index is 0.0354. The van der Waals surface area contributed by atoms with Gasteiger partial charge in [0.1, 0.15) is 0 Å². The average molecular weight is 287 g/mol. The van der Waals surface area contributed by atoms with Crippen molar-refractivity contribution in [2.75, 3.05) is 0 Å². The molecule has 0 saturated heterocycles. The number of nitrogens with one attached hydrogen (secondary N) is 1. The summed E-state index contributed by atoms with van der Waals surface area (Å²) in [6.45, 7) is 12.8. The molecule has 0 saturated carbocycles. The van der Waals surface area contributed by atoms with E-state index in [9.17, 15) is 0 Å². The molecule has 1 aromatic carbocycles. The summed E-state index contributed by atoms with van der Waals surface area (Å²) < 4.78 is 0. The lowest BCUT2D eigenvalue weighted by atomic mass is 9.82. The molecule has 2 aliphatic rings. The van der Waals surface area contributed by atoms with Gasteiger partial charge in [0.2, 0.25) is 0 Å².